The molecular weight excluding hydrogens is 405 g/mol. The fourth-order valence-electron chi connectivity index (χ4n) is 2.31. The summed E-state index contributed by atoms with van der Waals surface area (Å²) in [4.78, 5) is 31.7. The molecule has 0 radical (unpaired) electrons. The molecule has 0 fully saturated rings. The lowest BCUT2D eigenvalue weighted by Gasteiger charge is -2.07. The molecule has 0 aliphatic carbocycles. The van der Waals surface area contributed by atoms with E-state index < -0.39 is 10.9 Å². The standard InChI is InChI=1S/C19H11Cl2N3O4/c20-14-3-6-16(17(21)11-14)19(25)28-23-18(13-7-9-22-10-8-13)12-1-4-15(5-2-12)24(26)27/h1-11H/b23-18-. The van der Waals surface area contributed by atoms with Crippen molar-refractivity contribution < 1.29 is 14.6 Å². The van der Waals surface area contributed by atoms with Crippen LogP contribution >= 0.6 is 23.2 Å². The van der Waals surface area contributed by atoms with Crippen molar-refractivity contribution in [3.05, 3.63) is 104 Å². The third-order valence-corrected chi connectivity index (χ3v) is 4.22. The van der Waals surface area contributed by atoms with E-state index in [0.29, 0.717) is 21.9 Å². The van der Waals surface area contributed by atoms with Gasteiger partial charge in [-0.1, -0.05) is 28.4 Å². The van der Waals surface area contributed by atoms with Crippen LogP contribution in [0.4, 0.5) is 5.69 Å². The molecule has 28 heavy (non-hydrogen) atoms. The number of aromatic nitrogens is 1. The van der Waals surface area contributed by atoms with Gasteiger partial charge in [0.15, 0.2) is 0 Å². The normalized spacial score (nSPS) is 11.1. The molecule has 0 aliphatic heterocycles. The first-order valence-corrected chi connectivity index (χ1v) is 8.61. The third-order valence-electron chi connectivity index (χ3n) is 3.68. The summed E-state index contributed by atoms with van der Waals surface area (Å²) in [5.41, 5.74) is 1.47. The summed E-state index contributed by atoms with van der Waals surface area (Å²) in [5, 5.41) is 15.3. The summed E-state index contributed by atoms with van der Waals surface area (Å²) in [5.74, 6) is -0.768. The maximum Gasteiger partial charge on any atom is 0.367 e. The number of hydrogen-bond donors (Lipinski definition) is 0. The lowest BCUT2D eigenvalue weighted by atomic mass is 10.0. The highest BCUT2D eigenvalue weighted by atomic mass is 35.5. The van der Waals surface area contributed by atoms with Crippen LogP contribution < -0.4 is 0 Å². The zero-order valence-corrected chi connectivity index (χ0v) is 15.6. The Kier molecular flexibility index (Phi) is 5.98. The van der Waals surface area contributed by atoms with E-state index in [-0.39, 0.29) is 16.3 Å². The molecular formula is C19H11Cl2N3O4. The average Bonchev–Trinajstić information content (AvgIpc) is 2.69. The van der Waals surface area contributed by atoms with E-state index in [0.717, 1.165) is 0 Å². The van der Waals surface area contributed by atoms with Crippen LogP contribution in [0.15, 0.2) is 72.1 Å². The third kappa shape index (κ3) is 4.51. The van der Waals surface area contributed by atoms with Gasteiger partial charge in [-0.05, 0) is 42.5 Å². The average molecular weight is 416 g/mol. The fraction of sp³-hybridized carbons (Fsp3) is 0. The zero-order chi connectivity index (χ0) is 20.1. The highest BCUT2D eigenvalue weighted by Crippen LogP contribution is 2.22. The van der Waals surface area contributed by atoms with Crippen LogP contribution in [-0.2, 0) is 4.84 Å². The van der Waals surface area contributed by atoms with Gasteiger partial charge in [-0.3, -0.25) is 15.1 Å². The summed E-state index contributed by atoms with van der Waals surface area (Å²) in [6, 6.07) is 13.4. The van der Waals surface area contributed by atoms with Gasteiger partial charge < -0.3 is 4.84 Å². The lowest BCUT2D eigenvalue weighted by molar-refractivity contribution is -0.384. The van der Waals surface area contributed by atoms with Crippen molar-refractivity contribution in [3.8, 4) is 0 Å². The number of hydrogen-bond acceptors (Lipinski definition) is 6. The Morgan fingerprint density at radius 3 is 2.25 bits per heavy atom. The van der Waals surface area contributed by atoms with Gasteiger partial charge in [0.1, 0.15) is 5.71 Å². The first kappa shape index (κ1) is 19.5. The number of pyridine rings is 1. The molecule has 1 aromatic heterocycles. The Balaban J connectivity index is 1.95. The van der Waals surface area contributed by atoms with E-state index >= 15 is 0 Å². The molecule has 3 rings (SSSR count). The van der Waals surface area contributed by atoms with Crippen molar-refractivity contribution in [3.63, 3.8) is 0 Å². The van der Waals surface area contributed by atoms with Crippen molar-refractivity contribution >= 4 is 40.6 Å². The van der Waals surface area contributed by atoms with Gasteiger partial charge in [0.05, 0.1) is 15.5 Å². The predicted octanol–water partition coefficient (Wildman–Crippen LogP) is 4.91. The number of non-ortho nitro benzene ring substituents is 1. The molecule has 0 bridgehead atoms. The second-order valence-electron chi connectivity index (χ2n) is 5.48. The van der Waals surface area contributed by atoms with Gasteiger partial charge in [0.2, 0.25) is 0 Å². The number of carbonyl (C=O) groups excluding carboxylic acids is 1. The number of nitro groups is 1. The van der Waals surface area contributed by atoms with E-state index in [1.165, 1.54) is 42.5 Å². The number of oxime groups is 1. The van der Waals surface area contributed by atoms with Crippen molar-refractivity contribution in [2.24, 2.45) is 5.16 Å². The molecule has 0 saturated carbocycles. The SMILES string of the molecule is O=C(O/N=C(\c1ccncc1)c1ccc([N+](=O)[O-])cc1)c1ccc(Cl)cc1Cl. The first-order chi connectivity index (χ1) is 13.5. The Hall–Kier alpha value is -3.29. The number of halogens is 2. The molecule has 0 aliphatic rings. The summed E-state index contributed by atoms with van der Waals surface area (Å²) >= 11 is 11.8. The van der Waals surface area contributed by atoms with Crippen LogP contribution in [0.25, 0.3) is 0 Å². The smallest absolute Gasteiger partial charge is 0.312 e. The molecule has 0 spiro atoms. The minimum Gasteiger partial charge on any atom is -0.312 e. The second-order valence-corrected chi connectivity index (χ2v) is 6.33. The van der Waals surface area contributed by atoms with E-state index in [1.54, 1.807) is 24.5 Å². The lowest BCUT2D eigenvalue weighted by Crippen LogP contribution is -2.08. The van der Waals surface area contributed by atoms with Crippen LogP contribution in [-0.4, -0.2) is 21.6 Å². The molecule has 0 atom stereocenters. The maximum atomic E-state index is 12.3. The monoisotopic (exact) mass is 415 g/mol. The van der Waals surface area contributed by atoms with Gasteiger partial charge >= 0.3 is 5.97 Å². The Morgan fingerprint density at radius 2 is 1.64 bits per heavy atom. The highest BCUT2D eigenvalue weighted by Gasteiger charge is 2.15. The summed E-state index contributed by atoms with van der Waals surface area (Å²) in [7, 11) is 0. The minimum atomic E-state index is -0.768. The number of benzene rings is 2. The highest BCUT2D eigenvalue weighted by molar-refractivity contribution is 6.36. The first-order valence-electron chi connectivity index (χ1n) is 7.85. The van der Waals surface area contributed by atoms with Crippen molar-refractivity contribution in [1.29, 1.82) is 0 Å². The van der Waals surface area contributed by atoms with Gasteiger partial charge in [-0.25, -0.2) is 4.79 Å². The fourth-order valence-corrected chi connectivity index (χ4v) is 2.80. The van der Waals surface area contributed by atoms with Gasteiger partial charge in [-0.15, -0.1) is 0 Å². The van der Waals surface area contributed by atoms with Crippen LogP contribution in [0.5, 0.6) is 0 Å². The minimum absolute atomic E-state index is 0.0669. The largest absolute Gasteiger partial charge is 0.367 e. The van der Waals surface area contributed by atoms with Gasteiger partial charge in [0, 0.05) is 40.7 Å². The molecule has 0 N–H and O–H groups in total. The second kappa shape index (κ2) is 8.60. The topological polar surface area (TPSA) is 94.7 Å². The molecule has 7 nitrogen and oxygen atoms in total. The maximum absolute atomic E-state index is 12.3. The molecule has 9 heteroatoms. The molecule has 2 aromatic carbocycles. The van der Waals surface area contributed by atoms with E-state index in [1.807, 2.05) is 0 Å². The summed E-state index contributed by atoms with van der Waals surface area (Å²) < 4.78 is 0. The molecule has 140 valence electrons. The number of rotatable bonds is 5. The van der Waals surface area contributed by atoms with E-state index in [4.69, 9.17) is 28.0 Å². The molecule has 0 unspecified atom stereocenters. The quantitative estimate of drug-likeness (QED) is 0.255. The van der Waals surface area contributed by atoms with Gasteiger partial charge in [0.25, 0.3) is 5.69 Å². The van der Waals surface area contributed by atoms with Crippen molar-refractivity contribution in [2.75, 3.05) is 0 Å². The van der Waals surface area contributed by atoms with Crippen LogP contribution in [0, 0.1) is 10.1 Å². The van der Waals surface area contributed by atoms with Crippen molar-refractivity contribution in [2.45, 2.75) is 0 Å². The molecule has 1 heterocycles. The molecule has 3 aromatic rings. The summed E-state index contributed by atoms with van der Waals surface area (Å²) in [6.45, 7) is 0. The zero-order valence-electron chi connectivity index (χ0n) is 14.1. The van der Waals surface area contributed by atoms with Crippen molar-refractivity contribution in [1.82, 2.24) is 4.98 Å². The van der Waals surface area contributed by atoms with E-state index in [9.17, 15) is 14.9 Å². The predicted molar refractivity (Wildman–Crippen MR) is 105 cm³/mol. The van der Waals surface area contributed by atoms with Gasteiger partial charge in [-0.2, -0.15) is 0 Å². The number of carbonyl (C=O) groups is 1. The van der Waals surface area contributed by atoms with E-state index in [2.05, 4.69) is 10.1 Å². The molecule has 0 saturated heterocycles. The Bertz CT molecular complexity index is 1050. The Labute approximate surface area is 169 Å². The summed E-state index contributed by atoms with van der Waals surface area (Å²) in [6.07, 6.45) is 3.10. The van der Waals surface area contributed by atoms with Crippen LogP contribution in [0.3, 0.4) is 0 Å². The number of nitrogens with zero attached hydrogens (tertiary/aromatic N) is 3. The molecule has 0 amide bonds. The number of nitro benzene ring substituents is 1. The Morgan fingerprint density at radius 1 is 1.00 bits per heavy atom. The van der Waals surface area contributed by atoms with Crippen LogP contribution in [0.2, 0.25) is 10.0 Å². The van der Waals surface area contributed by atoms with Crippen LogP contribution in [0.1, 0.15) is 21.5 Å².